The van der Waals surface area contributed by atoms with Crippen LogP contribution in [-0.2, 0) is 13.0 Å². The van der Waals surface area contributed by atoms with E-state index < -0.39 is 0 Å². The van der Waals surface area contributed by atoms with Crippen molar-refractivity contribution in [2.45, 2.75) is 39.8 Å². The summed E-state index contributed by atoms with van der Waals surface area (Å²) in [6, 6.07) is 8.16. The van der Waals surface area contributed by atoms with Gasteiger partial charge < -0.3 is 10.1 Å². The summed E-state index contributed by atoms with van der Waals surface area (Å²) in [6.07, 6.45) is 4.45. The Bertz CT molecular complexity index is 599. The van der Waals surface area contributed by atoms with Gasteiger partial charge in [-0.15, -0.1) is 0 Å². The third-order valence-electron chi connectivity index (χ3n) is 3.12. The molecular formula is C17H21ClN2O. The number of hydrogen-bond acceptors (Lipinski definition) is 3. The lowest BCUT2D eigenvalue weighted by Gasteiger charge is -2.11. The molecule has 0 aliphatic carbocycles. The van der Waals surface area contributed by atoms with Gasteiger partial charge in [-0.25, -0.2) is 0 Å². The molecule has 1 heterocycles. The van der Waals surface area contributed by atoms with Crippen molar-refractivity contribution in [1.29, 1.82) is 0 Å². The van der Waals surface area contributed by atoms with Crippen LogP contribution < -0.4 is 10.1 Å². The predicted molar refractivity (Wildman–Crippen MR) is 87.1 cm³/mol. The molecule has 1 aromatic heterocycles. The molecule has 0 aliphatic heterocycles. The van der Waals surface area contributed by atoms with Gasteiger partial charge in [0.05, 0.1) is 6.20 Å². The summed E-state index contributed by atoms with van der Waals surface area (Å²) in [5.74, 6) is 1.52. The fraction of sp³-hybridized carbons (Fsp3) is 0.353. The molecule has 21 heavy (non-hydrogen) atoms. The molecule has 1 N–H and O–H groups in total. The van der Waals surface area contributed by atoms with Crippen LogP contribution in [0.25, 0.3) is 0 Å². The number of nitrogens with zero attached hydrogens (tertiary/aromatic N) is 1. The van der Waals surface area contributed by atoms with Gasteiger partial charge >= 0.3 is 0 Å². The quantitative estimate of drug-likeness (QED) is 0.847. The Morgan fingerprint density at radius 2 is 2.00 bits per heavy atom. The van der Waals surface area contributed by atoms with Crippen molar-refractivity contribution in [2.24, 2.45) is 0 Å². The molecule has 3 nitrogen and oxygen atoms in total. The second kappa shape index (κ2) is 7.43. The summed E-state index contributed by atoms with van der Waals surface area (Å²) in [5.41, 5.74) is 2.19. The zero-order valence-electron chi connectivity index (χ0n) is 12.7. The minimum atomic E-state index is 0.443. The number of aromatic nitrogens is 1. The van der Waals surface area contributed by atoms with Crippen LogP contribution in [0.4, 0.5) is 0 Å². The Hall–Kier alpha value is -1.58. The lowest BCUT2D eigenvalue weighted by Crippen LogP contribution is -2.21. The molecule has 112 valence electrons. The zero-order valence-corrected chi connectivity index (χ0v) is 13.4. The highest BCUT2D eigenvalue weighted by atomic mass is 35.5. The summed E-state index contributed by atoms with van der Waals surface area (Å²) in [4.78, 5) is 4.23. The maximum atomic E-state index is 6.12. The molecule has 0 saturated carbocycles. The Kier molecular flexibility index (Phi) is 5.59. The molecule has 0 unspecified atom stereocenters. The Morgan fingerprint density at radius 1 is 1.19 bits per heavy atom. The van der Waals surface area contributed by atoms with Gasteiger partial charge in [0.25, 0.3) is 0 Å². The number of pyridine rings is 1. The number of ether oxygens (including phenoxy) is 1. The van der Waals surface area contributed by atoms with Crippen molar-refractivity contribution in [2.75, 3.05) is 0 Å². The average Bonchev–Trinajstić information content (AvgIpc) is 2.47. The predicted octanol–water partition coefficient (Wildman–Crippen LogP) is 4.59. The van der Waals surface area contributed by atoms with E-state index in [4.69, 9.17) is 16.3 Å². The fourth-order valence-electron chi connectivity index (χ4n) is 1.96. The molecule has 0 aliphatic rings. The van der Waals surface area contributed by atoms with Gasteiger partial charge in [0.1, 0.15) is 11.5 Å². The number of benzene rings is 1. The summed E-state index contributed by atoms with van der Waals surface area (Å²) >= 11 is 6.12. The molecule has 0 amide bonds. The van der Waals surface area contributed by atoms with Crippen LogP contribution >= 0.6 is 11.6 Å². The Labute approximate surface area is 131 Å². The maximum Gasteiger partial charge on any atom is 0.146 e. The summed E-state index contributed by atoms with van der Waals surface area (Å²) in [7, 11) is 0. The van der Waals surface area contributed by atoms with Crippen molar-refractivity contribution in [1.82, 2.24) is 10.3 Å². The first kappa shape index (κ1) is 15.8. The molecule has 0 spiro atoms. The van der Waals surface area contributed by atoms with Gasteiger partial charge in [-0.2, -0.15) is 0 Å². The monoisotopic (exact) mass is 304 g/mol. The van der Waals surface area contributed by atoms with Crippen LogP contribution in [0.15, 0.2) is 36.7 Å². The highest BCUT2D eigenvalue weighted by Gasteiger charge is 2.04. The number of rotatable bonds is 6. The first-order chi connectivity index (χ1) is 10.1. The highest BCUT2D eigenvalue weighted by molar-refractivity contribution is 6.31. The van der Waals surface area contributed by atoms with Crippen LogP contribution in [-0.4, -0.2) is 11.0 Å². The zero-order chi connectivity index (χ0) is 15.2. The molecule has 2 rings (SSSR count). The van der Waals surface area contributed by atoms with E-state index >= 15 is 0 Å². The van der Waals surface area contributed by atoms with Crippen molar-refractivity contribution in [3.8, 4) is 11.5 Å². The average molecular weight is 305 g/mol. The smallest absolute Gasteiger partial charge is 0.146 e. The fourth-order valence-corrected chi connectivity index (χ4v) is 2.21. The summed E-state index contributed by atoms with van der Waals surface area (Å²) in [5, 5.41) is 4.14. The van der Waals surface area contributed by atoms with E-state index in [0.29, 0.717) is 6.04 Å². The van der Waals surface area contributed by atoms with Gasteiger partial charge in [0.15, 0.2) is 0 Å². The van der Waals surface area contributed by atoms with Crippen LogP contribution in [0.5, 0.6) is 11.5 Å². The normalized spacial score (nSPS) is 10.9. The largest absolute Gasteiger partial charge is 0.456 e. The van der Waals surface area contributed by atoms with E-state index in [0.717, 1.165) is 40.6 Å². The van der Waals surface area contributed by atoms with E-state index in [1.54, 1.807) is 6.20 Å². The highest BCUT2D eigenvalue weighted by Crippen LogP contribution is 2.26. The standard InChI is InChI=1S/C17H21ClN2O/c1-4-14-8-15(5-6-17(14)18)21-16-7-13(9-19-11-16)10-20-12(2)3/h5-9,11-12,20H,4,10H2,1-3H3. The van der Waals surface area contributed by atoms with Crippen LogP contribution in [0.2, 0.25) is 5.02 Å². The van der Waals surface area contributed by atoms with Crippen LogP contribution in [0, 0.1) is 0 Å². The molecular weight excluding hydrogens is 284 g/mol. The van der Waals surface area contributed by atoms with Crippen molar-refractivity contribution >= 4 is 11.6 Å². The number of nitrogens with one attached hydrogen (secondary N) is 1. The Morgan fingerprint density at radius 3 is 2.71 bits per heavy atom. The van der Waals surface area contributed by atoms with Gasteiger partial charge in [-0.05, 0) is 41.8 Å². The first-order valence-corrected chi connectivity index (χ1v) is 7.60. The number of aryl methyl sites for hydroxylation is 1. The molecule has 0 atom stereocenters. The lowest BCUT2D eigenvalue weighted by atomic mass is 10.1. The van der Waals surface area contributed by atoms with Gasteiger partial charge in [0.2, 0.25) is 0 Å². The van der Waals surface area contributed by atoms with Gasteiger partial charge in [-0.1, -0.05) is 32.4 Å². The van der Waals surface area contributed by atoms with E-state index in [9.17, 15) is 0 Å². The van der Waals surface area contributed by atoms with E-state index in [1.807, 2.05) is 30.5 Å². The van der Waals surface area contributed by atoms with Crippen molar-refractivity contribution in [3.63, 3.8) is 0 Å². The van der Waals surface area contributed by atoms with E-state index in [1.165, 1.54) is 0 Å². The summed E-state index contributed by atoms with van der Waals surface area (Å²) in [6.45, 7) is 7.09. The second-order valence-electron chi connectivity index (χ2n) is 5.27. The van der Waals surface area contributed by atoms with Crippen LogP contribution in [0.3, 0.4) is 0 Å². The molecule has 0 saturated heterocycles. The first-order valence-electron chi connectivity index (χ1n) is 7.22. The molecule has 2 aromatic rings. The third-order valence-corrected chi connectivity index (χ3v) is 3.49. The Balaban J connectivity index is 2.10. The SMILES string of the molecule is CCc1cc(Oc2cncc(CNC(C)C)c2)ccc1Cl. The molecule has 0 fully saturated rings. The number of halogens is 1. The van der Waals surface area contributed by atoms with Gasteiger partial charge in [-0.3, -0.25) is 4.98 Å². The second-order valence-corrected chi connectivity index (χ2v) is 5.68. The van der Waals surface area contributed by atoms with E-state index in [-0.39, 0.29) is 0 Å². The third kappa shape index (κ3) is 4.73. The topological polar surface area (TPSA) is 34.1 Å². The number of hydrogen-bond donors (Lipinski definition) is 1. The molecule has 4 heteroatoms. The minimum Gasteiger partial charge on any atom is -0.456 e. The molecule has 0 radical (unpaired) electrons. The molecule has 0 bridgehead atoms. The van der Waals surface area contributed by atoms with Crippen LogP contribution in [0.1, 0.15) is 31.9 Å². The summed E-state index contributed by atoms with van der Waals surface area (Å²) < 4.78 is 5.87. The maximum absolute atomic E-state index is 6.12. The van der Waals surface area contributed by atoms with E-state index in [2.05, 4.69) is 31.1 Å². The van der Waals surface area contributed by atoms with Crippen molar-refractivity contribution < 1.29 is 4.74 Å². The van der Waals surface area contributed by atoms with Crippen molar-refractivity contribution in [3.05, 3.63) is 52.8 Å². The van der Waals surface area contributed by atoms with Gasteiger partial charge in [0, 0.05) is 23.8 Å². The minimum absolute atomic E-state index is 0.443. The molecule has 1 aromatic carbocycles. The lowest BCUT2D eigenvalue weighted by molar-refractivity contribution is 0.477.